The Hall–Kier alpha value is -2.05. The highest BCUT2D eigenvalue weighted by molar-refractivity contribution is 7.10. The minimum absolute atomic E-state index is 0.0904. The highest BCUT2D eigenvalue weighted by Crippen LogP contribution is 2.29. The second-order valence-corrected chi connectivity index (χ2v) is 7.74. The van der Waals surface area contributed by atoms with Gasteiger partial charge in [0.2, 0.25) is 0 Å². The number of rotatable bonds is 7. The summed E-state index contributed by atoms with van der Waals surface area (Å²) in [7, 11) is 3.16. The molecule has 1 aliphatic heterocycles. The summed E-state index contributed by atoms with van der Waals surface area (Å²) in [6, 6.07) is 9.73. The van der Waals surface area contributed by atoms with Gasteiger partial charge in [-0.05, 0) is 55.6 Å². The van der Waals surface area contributed by atoms with Crippen LogP contribution < -0.4 is 14.8 Å². The predicted molar refractivity (Wildman–Crippen MR) is 109 cm³/mol. The lowest BCUT2D eigenvalue weighted by Gasteiger charge is -2.30. The van der Waals surface area contributed by atoms with E-state index < -0.39 is 0 Å². The Morgan fingerprint density at radius 1 is 1.11 bits per heavy atom. The smallest absolute Gasteiger partial charge is 0.251 e. The van der Waals surface area contributed by atoms with Gasteiger partial charge in [0, 0.05) is 17.0 Å². The quantitative estimate of drug-likeness (QED) is 0.775. The number of ether oxygens (including phenoxy) is 2. The first-order valence-electron chi connectivity index (χ1n) is 9.50. The van der Waals surface area contributed by atoms with Crippen molar-refractivity contribution < 1.29 is 14.3 Å². The first-order chi connectivity index (χ1) is 13.2. The third kappa shape index (κ3) is 5.02. The number of likely N-dealkylation sites (tertiary alicyclic amines) is 1. The molecule has 1 saturated heterocycles. The van der Waals surface area contributed by atoms with E-state index in [9.17, 15) is 4.79 Å². The zero-order chi connectivity index (χ0) is 19.1. The first kappa shape index (κ1) is 19.7. The van der Waals surface area contributed by atoms with E-state index in [2.05, 4.69) is 27.7 Å². The number of amides is 1. The molecule has 0 saturated carbocycles. The van der Waals surface area contributed by atoms with E-state index >= 15 is 0 Å². The molecule has 2 heterocycles. The van der Waals surface area contributed by atoms with Crippen molar-refractivity contribution in [1.29, 1.82) is 0 Å². The molecule has 2 aromatic rings. The Labute approximate surface area is 165 Å². The van der Waals surface area contributed by atoms with Gasteiger partial charge in [-0.25, -0.2) is 0 Å². The largest absolute Gasteiger partial charge is 0.493 e. The maximum absolute atomic E-state index is 12.7. The molecule has 1 aromatic carbocycles. The lowest BCUT2D eigenvalue weighted by Crippen LogP contribution is -2.38. The number of carbonyl (C=O) groups excluding carboxylic acids is 1. The molecule has 1 aromatic heterocycles. The van der Waals surface area contributed by atoms with E-state index in [4.69, 9.17) is 9.47 Å². The van der Waals surface area contributed by atoms with E-state index in [1.54, 1.807) is 43.8 Å². The third-order valence-corrected chi connectivity index (χ3v) is 6.03. The SMILES string of the molecule is COc1ccc(C(=O)NCC(c2cccs2)N2CCCCCC2)cc1OC. The normalized spacial score (nSPS) is 16.4. The molecule has 6 heteroatoms. The molecule has 27 heavy (non-hydrogen) atoms. The molecule has 0 bridgehead atoms. The van der Waals surface area contributed by atoms with Gasteiger partial charge in [-0.3, -0.25) is 9.69 Å². The molecule has 0 radical (unpaired) electrons. The van der Waals surface area contributed by atoms with E-state index in [1.807, 2.05) is 0 Å². The molecule has 1 fully saturated rings. The predicted octanol–water partition coefficient (Wildman–Crippen LogP) is 4.11. The number of nitrogens with one attached hydrogen (secondary N) is 1. The van der Waals surface area contributed by atoms with Crippen LogP contribution in [0.5, 0.6) is 11.5 Å². The van der Waals surface area contributed by atoms with Crippen LogP contribution in [0.2, 0.25) is 0 Å². The van der Waals surface area contributed by atoms with Gasteiger partial charge in [-0.2, -0.15) is 0 Å². The van der Waals surface area contributed by atoms with Crippen LogP contribution in [0.1, 0.15) is 47.0 Å². The van der Waals surface area contributed by atoms with Crippen LogP contribution in [-0.4, -0.2) is 44.7 Å². The van der Waals surface area contributed by atoms with Gasteiger partial charge in [0.05, 0.1) is 20.3 Å². The van der Waals surface area contributed by atoms with Crippen molar-refractivity contribution >= 4 is 17.2 Å². The fourth-order valence-electron chi connectivity index (χ4n) is 3.57. The molecule has 1 amide bonds. The lowest BCUT2D eigenvalue weighted by molar-refractivity contribution is 0.0933. The number of carbonyl (C=O) groups is 1. The topological polar surface area (TPSA) is 50.8 Å². The fourth-order valence-corrected chi connectivity index (χ4v) is 4.43. The number of nitrogens with zero attached hydrogens (tertiary/aromatic N) is 1. The van der Waals surface area contributed by atoms with Gasteiger partial charge in [0.1, 0.15) is 0 Å². The first-order valence-corrected chi connectivity index (χ1v) is 10.4. The van der Waals surface area contributed by atoms with Crippen LogP contribution in [0.25, 0.3) is 0 Å². The molecule has 1 unspecified atom stereocenters. The average Bonchev–Trinajstić information content (AvgIpc) is 3.10. The Balaban J connectivity index is 1.70. The van der Waals surface area contributed by atoms with E-state index in [-0.39, 0.29) is 11.9 Å². The summed E-state index contributed by atoms with van der Waals surface area (Å²) < 4.78 is 10.6. The average molecular weight is 389 g/mol. The van der Waals surface area contributed by atoms with Gasteiger partial charge < -0.3 is 14.8 Å². The van der Waals surface area contributed by atoms with Gasteiger partial charge in [-0.15, -0.1) is 11.3 Å². The highest BCUT2D eigenvalue weighted by Gasteiger charge is 2.23. The Bertz CT molecular complexity index is 725. The molecule has 0 spiro atoms. The van der Waals surface area contributed by atoms with Gasteiger partial charge in [-0.1, -0.05) is 18.9 Å². The summed E-state index contributed by atoms with van der Waals surface area (Å²) >= 11 is 1.76. The third-order valence-electron chi connectivity index (χ3n) is 5.05. The van der Waals surface area contributed by atoms with Crippen LogP contribution in [0.15, 0.2) is 35.7 Å². The van der Waals surface area contributed by atoms with E-state index in [0.29, 0.717) is 23.6 Å². The Kier molecular flexibility index (Phi) is 7.12. The van der Waals surface area contributed by atoms with Crippen LogP contribution in [0.3, 0.4) is 0 Å². The van der Waals surface area contributed by atoms with Crippen molar-refractivity contribution in [2.24, 2.45) is 0 Å². The molecule has 3 rings (SSSR count). The number of methoxy groups -OCH3 is 2. The molecular weight excluding hydrogens is 360 g/mol. The van der Waals surface area contributed by atoms with Crippen molar-refractivity contribution in [3.05, 3.63) is 46.2 Å². The molecule has 1 atom stereocenters. The van der Waals surface area contributed by atoms with Gasteiger partial charge in [0.15, 0.2) is 11.5 Å². The Morgan fingerprint density at radius 2 is 1.85 bits per heavy atom. The van der Waals surface area contributed by atoms with E-state index in [0.717, 1.165) is 13.1 Å². The minimum Gasteiger partial charge on any atom is -0.493 e. The van der Waals surface area contributed by atoms with Crippen molar-refractivity contribution in [3.63, 3.8) is 0 Å². The fraction of sp³-hybridized carbons (Fsp3) is 0.476. The molecule has 1 N–H and O–H groups in total. The summed E-state index contributed by atoms with van der Waals surface area (Å²) in [6.07, 6.45) is 5.05. The highest BCUT2D eigenvalue weighted by atomic mass is 32.1. The van der Waals surface area contributed by atoms with Crippen LogP contribution in [0.4, 0.5) is 0 Å². The lowest BCUT2D eigenvalue weighted by atomic mass is 10.1. The number of thiophene rings is 1. The summed E-state index contributed by atoms with van der Waals surface area (Å²) in [6.45, 7) is 2.79. The molecule has 5 nitrogen and oxygen atoms in total. The zero-order valence-electron chi connectivity index (χ0n) is 16.1. The van der Waals surface area contributed by atoms with Crippen molar-refractivity contribution in [2.45, 2.75) is 31.7 Å². The maximum atomic E-state index is 12.7. The summed E-state index contributed by atoms with van der Waals surface area (Å²) in [5.41, 5.74) is 0.577. The van der Waals surface area contributed by atoms with Gasteiger partial charge in [0.25, 0.3) is 5.91 Å². The maximum Gasteiger partial charge on any atom is 0.251 e. The second-order valence-electron chi connectivity index (χ2n) is 6.76. The molecule has 1 aliphatic rings. The number of hydrogen-bond acceptors (Lipinski definition) is 5. The van der Waals surface area contributed by atoms with Crippen LogP contribution >= 0.6 is 11.3 Å². The van der Waals surface area contributed by atoms with Gasteiger partial charge >= 0.3 is 0 Å². The second kappa shape index (κ2) is 9.76. The van der Waals surface area contributed by atoms with Crippen molar-refractivity contribution in [1.82, 2.24) is 10.2 Å². The summed E-state index contributed by atoms with van der Waals surface area (Å²) in [5, 5.41) is 5.23. The summed E-state index contributed by atoms with van der Waals surface area (Å²) in [4.78, 5) is 16.5. The van der Waals surface area contributed by atoms with Crippen molar-refractivity contribution in [3.8, 4) is 11.5 Å². The molecule has 146 valence electrons. The summed E-state index contributed by atoms with van der Waals surface area (Å²) in [5.74, 6) is 1.09. The number of hydrogen-bond donors (Lipinski definition) is 1. The molecular formula is C21H28N2O3S. The molecule has 0 aliphatic carbocycles. The number of benzene rings is 1. The van der Waals surface area contributed by atoms with Crippen molar-refractivity contribution in [2.75, 3.05) is 33.9 Å². The van der Waals surface area contributed by atoms with E-state index in [1.165, 1.54) is 30.6 Å². The zero-order valence-corrected chi connectivity index (χ0v) is 16.9. The van der Waals surface area contributed by atoms with Crippen LogP contribution in [0, 0.1) is 0 Å². The monoisotopic (exact) mass is 388 g/mol. The minimum atomic E-state index is -0.0904. The van der Waals surface area contributed by atoms with Crippen LogP contribution in [-0.2, 0) is 0 Å². The Morgan fingerprint density at radius 3 is 2.48 bits per heavy atom. The standard InChI is InChI=1S/C21H28N2O3S/c1-25-18-10-9-16(14-19(18)26-2)21(24)22-15-17(20-8-7-13-27-20)23-11-5-3-4-6-12-23/h7-10,13-14,17H,3-6,11-12,15H2,1-2H3,(H,22,24).